The van der Waals surface area contributed by atoms with E-state index in [0.717, 1.165) is 11.1 Å². The zero-order valence-corrected chi connectivity index (χ0v) is 31.5. The van der Waals surface area contributed by atoms with Gasteiger partial charge in [0.2, 0.25) is 5.91 Å². The molecule has 3 N–H and O–H groups in total. The number of aliphatic hydroxyl groups excluding tert-OH is 1. The fourth-order valence-corrected chi connectivity index (χ4v) is 7.13. The highest BCUT2D eigenvalue weighted by Gasteiger charge is 2.64. The Morgan fingerprint density at radius 1 is 1.30 bits per heavy atom. The summed E-state index contributed by atoms with van der Waals surface area (Å²) in [6.45, 7) is 7.06. The average molecular weight is 740 g/mol. The lowest BCUT2D eigenvalue weighted by Crippen LogP contribution is -2.63. The van der Waals surface area contributed by atoms with Crippen LogP contribution in [0.5, 0.6) is 5.75 Å². The third-order valence-corrected chi connectivity index (χ3v) is 10.7. The van der Waals surface area contributed by atoms with Crippen molar-refractivity contribution in [3.63, 3.8) is 0 Å². The normalized spacial score (nSPS) is 31.6. The first-order valence-corrected chi connectivity index (χ1v) is 17.6. The van der Waals surface area contributed by atoms with Crippen LogP contribution in [-0.4, -0.2) is 115 Å². The minimum atomic E-state index is -1.81. The van der Waals surface area contributed by atoms with Crippen molar-refractivity contribution < 1.29 is 48.3 Å². The van der Waals surface area contributed by atoms with Gasteiger partial charge in [-0.1, -0.05) is 42.3 Å². The van der Waals surface area contributed by atoms with Crippen molar-refractivity contribution in [3.05, 3.63) is 46.5 Å². The third kappa shape index (κ3) is 8.60. The zero-order chi connectivity index (χ0) is 37.1. The second-order valence-corrected chi connectivity index (χ2v) is 14.4. The predicted octanol–water partition coefficient (Wildman–Crippen LogP) is 3.63. The molecule has 1 aromatic carbocycles. The van der Waals surface area contributed by atoms with Gasteiger partial charge < -0.3 is 38.8 Å². The molecule has 0 aromatic heterocycles. The van der Waals surface area contributed by atoms with Crippen LogP contribution in [0.15, 0.2) is 35.9 Å². The van der Waals surface area contributed by atoms with E-state index in [1.165, 1.54) is 24.0 Å². The van der Waals surface area contributed by atoms with Crippen molar-refractivity contribution in [2.45, 2.75) is 101 Å². The van der Waals surface area contributed by atoms with Crippen LogP contribution in [0.25, 0.3) is 0 Å². The number of esters is 1. The van der Waals surface area contributed by atoms with Crippen LogP contribution in [-0.2, 0) is 35.0 Å². The standard InChI is InChI=1S/C35H50ClN3O10S/c1-19-10-9-11-26(46-8)35(44)18-25(47-33(43)37-35)20(2)31-34(4,49-31)27(48-32(42)21(3)38(5)28(40)12-13-50)17-29(41)39(6)23-15-22(14-19)16-24(45-7)30(23)36/h9-11,15-16,20-21,25-28,31,40,44,50H,12-14,17-18H2,1-8H3,(H,37,43). The highest BCUT2D eigenvalue weighted by Crippen LogP contribution is 2.49. The Labute approximate surface area is 304 Å². The van der Waals surface area contributed by atoms with E-state index in [0.29, 0.717) is 30.0 Å². The van der Waals surface area contributed by atoms with Gasteiger partial charge in [-0.3, -0.25) is 19.8 Å². The molecular weight excluding hydrogens is 690 g/mol. The Hall–Kier alpha value is -2.85. The van der Waals surface area contributed by atoms with Crippen LogP contribution in [0.3, 0.4) is 0 Å². The molecule has 1 aromatic rings. The molecule has 4 bridgehead atoms. The number of aliphatic hydroxyl groups is 2. The van der Waals surface area contributed by atoms with Crippen molar-refractivity contribution >= 4 is 47.9 Å². The number of likely N-dealkylation sites (N-methyl/N-ethyl adjacent to an activating group) is 1. The van der Waals surface area contributed by atoms with E-state index in [2.05, 4.69) is 17.9 Å². The molecule has 3 heterocycles. The van der Waals surface area contributed by atoms with Crippen molar-refractivity contribution in [1.29, 1.82) is 0 Å². The van der Waals surface area contributed by atoms with Crippen LogP contribution in [0.1, 0.15) is 52.5 Å². The van der Waals surface area contributed by atoms with Gasteiger partial charge in [0.25, 0.3) is 0 Å². The Balaban J connectivity index is 1.77. The summed E-state index contributed by atoms with van der Waals surface area (Å²) in [5.41, 5.74) is -0.846. The number of carbonyl (C=O) groups is 3. The summed E-state index contributed by atoms with van der Waals surface area (Å²) in [6, 6.07) is 2.72. The molecule has 0 radical (unpaired) electrons. The summed E-state index contributed by atoms with van der Waals surface area (Å²) >= 11 is 10.9. The number of benzene rings is 1. The molecule has 0 saturated carbocycles. The highest BCUT2D eigenvalue weighted by atomic mass is 35.5. The molecule has 2 amide bonds. The van der Waals surface area contributed by atoms with Gasteiger partial charge in [0.1, 0.15) is 47.0 Å². The number of hydrogen-bond donors (Lipinski definition) is 4. The smallest absolute Gasteiger partial charge is 0.409 e. The zero-order valence-electron chi connectivity index (χ0n) is 29.8. The second kappa shape index (κ2) is 16.2. The first-order valence-electron chi connectivity index (χ1n) is 16.6. The minimum absolute atomic E-state index is 0.0392. The molecule has 9 atom stereocenters. The number of halogens is 1. The van der Waals surface area contributed by atoms with Crippen LogP contribution in [0.4, 0.5) is 10.5 Å². The Bertz CT molecular complexity index is 1490. The number of anilines is 1. The topological polar surface area (TPSA) is 160 Å². The van der Waals surface area contributed by atoms with Crippen LogP contribution >= 0.6 is 24.2 Å². The fraction of sp³-hybridized carbons (Fsp3) is 0.629. The number of allylic oxidation sites excluding steroid dienone is 3. The summed E-state index contributed by atoms with van der Waals surface area (Å²) in [5.74, 6) is -0.811. The largest absolute Gasteiger partial charge is 0.495 e. The number of epoxide rings is 1. The van der Waals surface area contributed by atoms with Crippen molar-refractivity contribution in [2.75, 3.05) is 39.0 Å². The van der Waals surface area contributed by atoms with Crippen molar-refractivity contribution in [2.24, 2.45) is 5.92 Å². The number of thiol groups is 1. The number of alkyl carbamates (subject to hydrolysis) is 1. The molecule has 278 valence electrons. The maximum atomic E-state index is 14.1. The number of nitrogens with zero attached hydrogens (tertiary/aromatic N) is 2. The van der Waals surface area contributed by atoms with Crippen LogP contribution < -0.4 is 15.0 Å². The van der Waals surface area contributed by atoms with E-state index < -0.39 is 71.9 Å². The predicted molar refractivity (Wildman–Crippen MR) is 190 cm³/mol. The molecule has 0 aliphatic carbocycles. The maximum Gasteiger partial charge on any atom is 0.409 e. The number of fused-ring (bicyclic) bond motifs is 5. The van der Waals surface area contributed by atoms with Crippen molar-refractivity contribution in [1.82, 2.24) is 10.2 Å². The van der Waals surface area contributed by atoms with Crippen molar-refractivity contribution in [3.8, 4) is 5.75 Å². The number of hydrogen-bond acceptors (Lipinski definition) is 12. The summed E-state index contributed by atoms with van der Waals surface area (Å²) in [4.78, 5) is 43.3. The number of amides is 2. The molecule has 2 saturated heterocycles. The second-order valence-electron chi connectivity index (χ2n) is 13.6. The Kier molecular flexibility index (Phi) is 13.0. The Morgan fingerprint density at radius 2 is 2.00 bits per heavy atom. The molecule has 2 fully saturated rings. The summed E-state index contributed by atoms with van der Waals surface area (Å²) in [6.07, 6.45) is 0.464. The number of ether oxygens (including phenoxy) is 5. The molecule has 3 aliphatic rings. The van der Waals surface area contributed by atoms with Crippen LogP contribution in [0, 0.1) is 5.92 Å². The SMILES string of the molecule is COc1cc2cc(c1Cl)N(C)C(=O)CC(OC(=O)C(C)N(C)C(O)CCS)C1(C)OC1C(C)C1CC(O)(NC(=O)O1)C(OC)C=CC=C(C)C2. The highest BCUT2D eigenvalue weighted by molar-refractivity contribution is 7.80. The van der Waals surface area contributed by atoms with Gasteiger partial charge in [-0.2, -0.15) is 12.6 Å². The molecule has 50 heavy (non-hydrogen) atoms. The van der Waals surface area contributed by atoms with E-state index in [4.69, 9.17) is 35.3 Å². The number of methoxy groups -OCH3 is 2. The number of nitrogens with one attached hydrogen (secondary N) is 1. The maximum absolute atomic E-state index is 14.1. The van der Waals surface area contributed by atoms with E-state index >= 15 is 0 Å². The minimum Gasteiger partial charge on any atom is -0.495 e. The van der Waals surface area contributed by atoms with Gasteiger partial charge in [0, 0.05) is 26.5 Å². The van der Waals surface area contributed by atoms with E-state index in [-0.39, 0.29) is 17.9 Å². The lowest BCUT2D eigenvalue weighted by molar-refractivity contribution is -0.162. The number of carbonyl (C=O) groups excluding carboxylic acids is 3. The van der Waals surface area contributed by atoms with E-state index in [1.807, 2.05) is 13.0 Å². The van der Waals surface area contributed by atoms with Gasteiger partial charge in [-0.25, -0.2) is 4.79 Å². The molecule has 4 rings (SSSR count). The molecule has 15 heteroatoms. The van der Waals surface area contributed by atoms with Gasteiger partial charge in [-0.15, -0.1) is 0 Å². The molecule has 3 aliphatic heterocycles. The first kappa shape index (κ1) is 39.9. The van der Waals surface area contributed by atoms with E-state index in [9.17, 15) is 24.6 Å². The summed E-state index contributed by atoms with van der Waals surface area (Å²) < 4.78 is 29.1. The summed E-state index contributed by atoms with van der Waals surface area (Å²) in [5, 5.41) is 25.0. The third-order valence-electron chi connectivity index (χ3n) is 10.0. The molecule has 13 nitrogen and oxygen atoms in total. The first-order chi connectivity index (χ1) is 23.5. The van der Waals surface area contributed by atoms with Gasteiger partial charge in [-0.05, 0) is 64.1 Å². The molecule has 9 unspecified atom stereocenters. The fourth-order valence-electron chi connectivity index (χ4n) is 6.59. The lowest BCUT2D eigenvalue weighted by atomic mass is 9.83. The van der Waals surface area contributed by atoms with Crippen LogP contribution in [0.2, 0.25) is 5.02 Å². The Morgan fingerprint density at radius 3 is 2.64 bits per heavy atom. The quantitative estimate of drug-likeness (QED) is 0.134. The lowest BCUT2D eigenvalue weighted by Gasteiger charge is -2.42. The molecular formula is C35H50ClN3O10S. The summed E-state index contributed by atoms with van der Waals surface area (Å²) in [7, 11) is 6.11. The van der Waals surface area contributed by atoms with Gasteiger partial charge >= 0.3 is 12.1 Å². The monoisotopic (exact) mass is 739 g/mol. The van der Waals surface area contributed by atoms with E-state index in [1.54, 1.807) is 59.2 Å². The molecule has 0 spiro atoms. The van der Waals surface area contributed by atoms with Gasteiger partial charge in [0.05, 0.1) is 25.3 Å². The van der Waals surface area contributed by atoms with Gasteiger partial charge in [0.15, 0.2) is 5.72 Å². The number of rotatable bonds is 8. The average Bonchev–Trinajstić information content (AvgIpc) is 3.76.